The second-order valence-corrected chi connectivity index (χ2v) is 7.03. The molecule has 8 heteroatoms. The first-order chi connectivity index (χ1) is 13.4. The number of imide groups is 1. The first-order valence-corrected chi connectivity index (χ1v) is 9.22. The van der Waals surface area contributed by atoms with E-state index in [9.17, 15) is 19.2 Å². The highest BCUT2D eigenvalue weighted by atomic mass is 32.2. The Morgan fingerprint density at radius 1 is 1.00 bits per heavy atom. The Kier molecular flexibility index (Phi) is 5.90. The highest BCUT2D eigenvalue weighted by Gasteiger charge is 2.36. The maximum atomic E-state index is 12.4. The third-order valence-corrected chi connectivity index (χ3v) is 4.69. The molecular weight excluding hydrogens is 378 g/mol. The van der Waals surface area contributed by atoms with E-state index in [1.807, 2.05) is 19.1 Å². The Balaban J connectivity index is 1.62. The number of nitrogens with zero attached hydrogens (tertiary/aromatic N) is 1. The maximum Gasteiger partial charge on any atom is 0.294 e. The molecule has 1 heterocycles. The summed E-state index contributed by atoms with van der Waals surface area (Å²) in [6.45, 7) is 1.47. The minimum Gasteiger partial charge on any atom is -0.325 e. The topological polar surface area (TPSA) is 95.6 Å². The molecule has 0 spiro atoms. The normalized spacial score (nSPS) is 15.0. The molecular formula is C20H17N3O4S. The third-order valence-electron chi connectivity index (χ3n) is 3.78. The lowest BCUT2D eigenvalue weighted by Crippen LogP contribution is -2.36. The van der Waals surface area contributed by atoms with E-state index in [2.05, 4.69) is 10.6 Å². The summed E-state index contributed by atoms with van der Waals surface area (Å²) in [4.78, 5) is 49.5. The number of amides is 4. The van der Waals surface area contributed by atoms with Crippen LogP contribution in [0, 0.1) is 6.92 Å². The zero-order valence-corrected chi connectivity index (χ0v) is 15.8. The third kappa shape index (κ3) is 4.86. The highest BCUT2D eigenvalue weighted by Crippen LogP contribution is 2.30. The van der Waals surface area contributed by atoms with Gasteiger partial charge in [0, 0.05) is 17.5 Å². The number of hydrogen-bond acceptors (Lipinski definition) is 5. The molecule has 2 aromatic rings. The monoisotopic (exact) mass is 395 g/mol. The highest BCUT2D eigenvalue weighted by molar-refractivity contribution is 8.18. The smallest absolute Gasteiger partial charge is 0.294 e. The Hall–Kier alpha value is -3.39. The van der Waals surface area contributed by atoms with Gasteiger partial charge in [-0.15, -0.1) is 0 Å². The van der Waals surface area contributed by atoms with Crippen LogP contribution in [0.2, 0.25) is 0 Å². The van der Waals surface area contributed by atoms with Crippen molar-refractivity contribution in [2.24, 2.45) is 0 Å². The molecule has 1 fully saturated rings. The van der Waals surface area contributed by atoms with Crippen LogP contribution in [0.3, 0.4) is 0 Å². The number of carbonyl (C=O) groups is 4. The van der Waals surface area contributed by atoms with Gasteiger partial charge in [-0.1, -0.05) is 30.3 Å². The summed E-state index contributed by atoms with van der Waals surface area (Å²) in [5, 5.41) is 4.66. The van der Waals surface area contributed by atoms with Crippen LogP contribution in [-0.2, 0) is 14.4 Å². The summed E-state index contributed by atoms with van der Waals surface area (Å²) in [6.07, 6.45) is 1.07. The predicted molar refractivity (Wildman–Crippen MR) is 108 cm³/mol. The number of anilines is 2. The van der Waals surface area contributed by atoms with E-state index < -0.39 is 29.5 Å². The molecule has 0 atom stereocenters. The fourth-order valence-electron chi connectivity index (χ4n) is 2.52. The predicted octanol–water partition coefficient (Wildman–Crippen LogP) is 3.15. The van der Waals surface area contributed by atoms with E-state index in [-0.39, 0.29) is 4.91 Å². The van der Waals surface area contributed by atoms with Gasteiger partial charge in [0.2, 0.25) is 11.8 Å². The van der Waals surface area contributed by atoms with Crippen LogP contribution in [0.5, 0.6) is 0 Å². The molecule has 2 aromatic carbocycles. The van der Waals surface area contributed by atoms with Crippen LogP contribution in [0.1, 0.15) is 5.56 Å². The average molecular weight is 395 g/mol. The Bertz CT molecular complexity index is 972. The standard InChI is InChI=1S/C20H17N3O4S/c1-13-6-5-9-15(10-13)22-18(25)12-23-19(26)16(28-20(23)27)11-17(24)21-14-7-3-2-4-8-14/h2-11H,12H2,1H3,(H,21,24)(H,22,25). The fraction of sp³-hybridized carbons (Fsp3) is 0.100. The number of hydrogen-bond donors (Lipinski definition) is 2. The van der Waals surface area contributed by atoms with Gasteiger partial charge in [-0.3, -0.25) is 24.1 Å². The summed E-state index contributed by atoms with van der Waals surface area (Å²) in [5.74, 6) is -1.69. The zero-order valence-electron chi connectivity index (χ0n) is 15.0. The van der Waals surface area contributed by atoms with Crippen LogP contribution < -0.4 is 10.6 Å². The van der Waals surface area contributed by atoms with E-state index in [4.69, 9.17) is 0 Å². The average Bonchev–Trinajstić information content (AvgIpc) is 2.90. The van der Waals surface area contributed by atoms with Crippen molar-refractivity contribution in [3.8, 4) is 0 Å². The second-order valence-electron chi connectivity index (χ2n) is 6.04. The molecule has 0 saturated carbocycles. The van der Waals surface area contributed by atoms with Gasteiger partial charge in [0.05, 0.1) is 4.91 Å². The molecule has 1 aliphatic heterocycles. The number of thioether (sulfide) groups is 1. The van der Waals surface area contributed by atoms with E-state index in [1.165, 1.54) is 0 Å². The molecule has 1 saturated heterocycles. The lowest BCUT2D eigenvalue weighted by atomic mass is 10.2. The van der Waals surface area contributed by atoms with Crippen LogP contribution in [-0.4, -0.2) is 34.4 Å². The van der Waals surface area contributed by atoms with Crippen molar-refractivity contribution in [2.45, 2.75) is 6.92 Å². The van der Waals surface area contributed by atoms with Crippen molar-refractivity contribution < 1.29 is 19.2 Å². The van der Waals surface area contributed by atoms with Gasteiger partial charge in [-0.05, 0) is 48.5 Å². The molecule has 1 aliphatic rings. The zero-order chi connectivity index (χ0) is 20.1. The number of rotatable bonds is 5. The lowest BCUT2D eigenvalue weighted by molar-refractivity contribution is -0.127. The first kappa shape index (κ1) is 19.4. The van der Waals surface area contributed by atoms with Gasteiger partial charge in [0.15, 0.2) is 0 Å². The largest absolute Gasteiger partial charge is 0.325 e. The Morgan fingerprint density at radius 3 is 2.43 bits per heavy atom. The van der Waals surface area contributed by atoms with Crippen LogP contribution >= 0.6 is 11.8 Å². The summed E-state index contributed by atoms with van der Waals surface area (Å²) < 4.78 is 0. The Labute approximate surface area is 165 Å². The van der Waals surface area contributed by atoms with Gasteiger partial charge in [0.1, 0.15) is 6.54 Å². The van der Waals surface area contributed by atoms with E-state index in [0.717, 1.165) is 16.5 Å². The molecule has 0 bridgehead atoms. The van der Waals surface area contributed by atoms with E-state index in [0.29, 0.717) is 23.1 Å². The number of benzene rings is 2. The lowest BCUT2D eigenvalue weighted by Gasteiger charge is -2.12. The Morgan fingerprint density at radius 2 is 1.71 bits per heavy atom. The van der Waals surface area contributed by atoms with Gasteiger partial charge in [-0.2, -0.15) is 0 Å². The number of para-hydroxylation sites is 1. The number of aryl methyl sites for hydroxylation is 1. The molecule has 0 aliphatic carbocycles. The summed E-state index contributed by atoms with van der Waals surface area (Å²) in [6, 6.07) is 15.9. The number of carbonyl (C=O) groups excluding carboxylic acids is 4. The van der Waals surface area contributed by atoms with Gasteiger partial charge < -0.3 is 10.6 Å². The minimum atomic E-state index is -0.669. The molecule has 2 N–H and O–H groups in total. The van der Waals surface area contributed by atoms with Crippen molar-refractivity contribution in [3.63, 3.8) is 0 Å². The minimum absolute atomic E-state index is 0.0261. The molecule has 0 radical (unpaired) electrons. The van der Waals surface area contributed by atoms with E-state index >= 15 is 0 Å². The van der Waals surface area contributed by atoms with Crippen molar-refractivity contribution in [1.29, 1.82) is 0 Å². The summed E-state index contributed by atoms with van der Waals surface area (Å²) in [5.41, 5.74) is 2.12. The molecule has 0 aromatic heterocycles. The number of nitrogens with one attached hydrogen (secondary N) is 2. The molecule has 4 amide bonds. The molecule has 142 valence electrons. The van der Waals surface area contributed by atoms with Crippen LogP contribution in [0.15, 0.2) is 65.6 Å². The molecule has 3 rings (SSSR count). The van der Waals surface area contributed by atoms with Crippen molar-refractivity contribution >= 4 is 46.1 Å². The SMILES string of the molecule is Cc1cccc(NC(=O)CN2C(=O)SC(=CC(=O)Nc3ccccc3)C2=O)c1. The van der Waals surface area contributed by atoms with Gasteiger partial charge in [-0.25, -0.2) is 0 Å². The quantitative estimate of drug-likeness (QED) is 0.759. The molecule has 28 heavy (non-hydrogen) atoms. The van der Waals surface area contributed by atoms with Crippen LogP contribution in [0.4, 0.5) is 16.2 Å². The molecule has 0 unspecified atom stereocenters. The van der Waals surface area contributed by atoms with Crippen LogP contribution in [0.25, 0.3) is 0 Å². The summed E-state index contributed by atoms with van der Waals surface area (Å²) >= 11 is 0.629. The van der Waals surface area contributed by atoms with E-state index in [1.54, 1.807) is 42.5 Å². The second kappa shape index (κ2) is 8.53. The summed E-state index contributed by atoms with van der Waals surface area (Å²) in [7, 11) is 0. The molecule has 7 nitrogen and oxygen atoms in total. The van der Waals surface area contributed by atoms with Gasteiger partial charge >= 0.3 is 0 Å². The van der Waals surface area contributed by atoms with Crippen molar-refractivity contribution in [1.82, 2.24) is 4.90 Å². The van der Waals surface area contributed by atoms with Gasteiger partial charge in [0.25, 0.3) is 11.1 Å². The first-order valence-electron chi connectivity index (χ1n) is 8.40. The van der Waals surface area contributed by atoms with Crippen molar-refractivity contribution in [3.05, 3.63) is 71.1 Å². The van der Waals surface area contributed by atoms with Crippen molar-refractivity contribution in [2.75, 3.05) is 17.2 Å². The maximum absolute atomic E-state index is 12.4. The fourth-order valence-corrected chi connectivity index (χ4v) is 3.33.